The summed E-state index contributed by atoms with van der Waals surface area (Å²) < 4.78 is 5.96. The zero-order valence-electron chi connectivity index (χ0n) is 16.0. The lowest BCUT2D eigenvalue weighted by molar-refractivity contribution is 0.0382. The van der Waals surface area contributed by atoms with Gasteiger partial charge in [-0.2, -0.15) is 0 Å². The van der Waals surface area contributed by atoms with Crippen molar-refractivity contribution in [1.29, 1.82) is 0 Å². The second-order valence-corrected chi connectivity index (χ2v) is 10.0. The van der Waals surface area contributed by atoms with Crippen molar-refractivity contribution >= 4 is 27.7 Å². The number of anilines is 1. The molecule has 0 amide bonds. The van der Waals surface area contributed by atoms with Crippen molar-refractivity contribution in [3.63, 3.8) is 0 Å². The Morgan fingerprint density at radius 3 is 3.04 bits per heavy atom. The van der Waals surface area contributed by atoms with Crippen LogP contribution in [0.15, 0.2) is 5.38 Å². The zero-order chi connectivity index (χ0) is 18.5. The van der Waals surface area contributed by atoms with Gasteiger partial charge < -0.3 is 14.7 Å². The van der Waals surface area contributed by atoms with E-state index in [1.807, 2.05) is 6.92 Å². The highest BCUT2D eigenvalue weighted by molar-refractivity contribution is 7.14. The highest BCUT2D eigenvalue weighted by Crippen LogP contribution is 2.47. The largest absolute Gasteiger partial charge is 0.490 e. The third-order valence-electron chi connectivity index (χ3n) is 5.50. The molecule has 1 aliphatic heterocycles. The van der Waals surface area contributed by atoms with E-state index in [0.717, 1.165) is 60.2 Å². The van der Waals surface area contributed by atoms with Crippen LogP contribution in [-0.4, -0.2) is 30.3 Å². The Kier molecular flexibility index (Phi) is 4.78. The van der Waals surface area contributed by atoms with E-state index in [1.54, 1.807) is 22.7 Å². The van der Waals surface area contributed by atoms with Gasteiger partial charge in [0.25, 0.3) is 0 Å². The van der Waals surface area contributed by atoms with Crippen LogP contribution >= 0.6 is 22.7 Å². The maximum atomic E-state index is 10.9. The molecule has 142 valence electrons. The van der Waals surface area contributed by atoms with E-state index in [9.17, 15) is 5.11 Å². The number of nitrogens with zero attached hydrogens (tertiary/aromatic N) is 2. The summed E-state index contributed by atoms with van der Waals surface area (Å²) in [5.74, 6) is 1.85. The molecule has 2 atom stereocenters. The average molecular weight is 393 g/mol. The summed E-state index contributed by atoms with van der Waals surface area (Å²) in [6.45, 7) is 8.04. The van der Waals surface area contributed by atoms with Gasteiger partial charge in [0, 0.05) is 31.0 Å². The Morgan fingerprint density at radius 1 is 1.46 bits per heavy atom. The van der Waals surface area contributed by atoms with Gasteiger partial charge in [0.1, 0.15) is 5.00 Å². The third kappa shape index (κ3) is 3.16. The first kappa shape index (κ1) is 18.3. The SMILES string of the molecule is CC(C)c1nc2c(s1)C(C)(O)CCC2CN(C)c1scc2c1OCCC2. The molecule has 4 nitrogen and oxygen atoms in total. The van der Waals surface area contributed by atoms with Crippen LogP contribution in [0.1, 0.15) is 73.0 Å². The van der Waals surface area contributed by atoms with E-state index in [0.29, 0.717) is 11.8 Å². The summed E-state index contributed by atoms with van der Waals surface area (Å²) in [6, 6.07) is 0. The van der Waals surface area contributed by atoms with Crippen LogP contribution in [0.4, 0.5) is 5.00 Å². The molecular formula is C20H28N2O2S2. The number of hydrogen-bond donors (Lipinski definition) is 1. The summed E-state index contributed by atoms with van der Waals surface area (Å²) in [5, 5.41) is 15.5. The van der Waals surface area contributed by atoms with E-state index in [1.165, 1.54) is 10.6 Å². The molecule has 0 spiro atoms. The monoisotopic (exact) mass is 392 g/mol. The molecule has 2 aromatic rings. The Labute approximate surface area is 163 Å². The Hall–Kier alpha value is -1.11. The minimum atomic E-state index is -0.736. The van der Waals surface area contributed by atoms with E-state index in [-0.39, 0.29) is 0 Å². The minimum Gasteiger partial charge on any atom is -0.490 e. The Morgan fingerprint density at radius 2 is 2.27 bits per heavy atom. The molecule has 2 aromatic heterocycles. The van der Waals surface area contributed by atoms with Crippen LogP contribution in [0.5, 0.6) is 5.75 Å². The predicted octanol–water partition coefficient (Wildman–Crippen LogP) is 4.87. The van der Waals surface area contributed by atoms with E-state index >= 15 is 0 Å². The number of thiazole rings is 1. The molecule has 2 aliphatic rings. The van der Waals surface area contributed by atoms with E-state index in [2.05, 4.69) is 31.2 Å². The van der Waals surface area contributed by atoms with Gasteiger partial charge in [0.2, 0.25) is 0 Å². The van der Waals surface area contributed by atoms with Gasteiger partial charge in [-0.05, 0) is 38.0 Å². The quantitative estimate of drug-likeness (QED) is 0.806. The van der Waals surface area contributed by atoms with Gasteiger partial charge in [0.15, 0.2) is 5.75 Å². The van der Waals surface area contributed by atoms with Crippen LogP contribution in [0.3, 0.4) is 0 Å². The molecule has 1 N–H and O–H groups in total. The first-order valence-corrected chi connectivity index (χ1v) is 11.2. The summed E-state index contributed by atoms with van der Waals surface area (Å²) in [5.41, 5.74) is 1.74. The van der Waals surface area contributed by atoms with Gasteiger partial charge in [-0.25, -0.2) is 4.98 Å². The first-order chi connectivity index (χ1) is 12.4. The fraction of sp³-hybridized carbons (Fsp3) is 0.650. The van der Waals surface area contributed by atoms with Crippen molar-refractivity contribution < 1.29 is 9.84 Å². The summed E-state index contributed by atoms with van der Waals surface area (Å²) in [4.78, 5) is 8.36. The van der Waals surface area contributed by atoms with Crippen molar-refractivity contribution in [1.82, 2.24) is 4.98 Å². The molecule has 0 aromatic carbocycles. The van der Waals surface area contributed by atoms with Crippen molar-refractivity contribution in [2.45, 2.75) is 63.9 Å². The van der Waals surface area contributed by atoms with E-state index in [4.69, 9.17) is 9.72 Å². The molecule has 0 radical (unpaired) electrons. The van der Waals surface area contributed by atoms with Crippen LogP contribution in [0.2, 0.25) is 0 Å². The molecule has 0 saturated heterocycles. The lowest BCUT2D eigenvalue weighted by atomic mass is 9.82. The van der Waals surface area contributed by atoms with Crippen molar-refractivity contribution in [3.8, 4) is 5.75 Å². The number of aryl methyl sites for hydroxylation is 1. The molecule has 1 aliphatic carbocycles. The molecule has 0 bridgehead atoms. The fourth-order valence-electron chi connectivity index (χ4n) is 3.95. The Balaban J connectivity index is 1.60. The molecule has 3 heterocycles. The molecule has 4 rings (SSSR count). The fourth-order valence-corrected chi connectivity index (χ4v) is 6.21. The lowest BCUT2D eigenvalue weighted by Crippen LogP contribution is -2.33. The molecule has 2 unspecified atom stereocenters. The number of aromatic nitrogens is 1. The predicted molar refractivity (Wildman–Crippen MR) is 109 cm³/mol. The summed E-state index contributed by atoms with van der Waals surface area (Å²) in [7, 11) is 2.16. The molecular weight excluding hydrogens is 364 g/mol. The molecule has 0 saturated carbocycles. The number of thiophene rings is 1. The van der Waals surface area contributed by atoms with Gasteiger partial charge >= 0.3 is 0 Å². The number of ether oxygens (including phenoxy) is 1. The van der Waals surface area contributed by atoms with Crippen LogP contribution in [0.25, 0.3) is 0 Å². The highest BCUT2D eigenvalue weighted by Gasteiger charge is 2.39. The number of aliphatic hydroxyl groups is 1. The topological polar surface area (TPSA) is 45.6 Å². The van der Waals surface area contributed by atoms with Crippen molar-refractivity contribution in [3.05, 3.63) is 26.5 Å². The van der Waals surface area contributed by atoms with Crippen LogP contribution in [0, 0.1) is 0 Å². The Bertz CT molecular complexity index is 794. The number of likely N-dealkylation sites (N-methyl/N-ethyl adjacent to an activating group) is 1. The number of fused-ring (bicyclic) bond motifs is 2. The second-order valence-electron chi connectivity index (χ2n) is 8.16. The van der Waals surface area contributed by atoms with Gasteiger partial charge in [0.05, 0.1) is 27.8 Å². The summed E-state index contributed by atoms with van der Waals surface area (Å²) in [6.07, 6.45) is 4.02. The first-order valence-electron chi connectivity index (χ1n) is 9.54. The maximum absolute atomic E-state index is 10.9. The summed E-state index contributed by atoms with van der Waals surface area (Å²) >= 11 is 3.49. The van der Waals surface area contributed by atoms with Crippen molar-refractivity contribution in [2.24, 2.45) is 0 Å². The standard InChI is InChI=1S/C20H28N2O2S2/c1-12(2)18-21-15-13(7-8-20(3,23)17(15)26-18)10-22(4)19-16-14(11-25-19)6-5-9-24-16/h11-13,23H,5-10H2,1-4H3. The average Bonchev–Trinajstić information content (AvgIpc) is 3.22. The highest BCUT2D eigenvalue weighted by atomic mass is 32.1. The molecule has 6 heteroatoms. The number of rotatable bonds is 4. The van der Waals surface area contributed by atoms with E-state index < -0.39 is 5.60 Å². The van der Waals surface area contributed by atoms with Gasteiger partial charge in [-0.3, -0.25) is 0 Å². The van der Waals surface area contributed by atoms with Crippen LogP contribution in [-0.2, 0) is 12.0 Å². The van der Waals surface area contributed by atoms with Gasteiger partial charge in [-0.15, -0.1) is 22.7 Å². The van der Waals surface area contributed by atoms with Crippen LogP contribution < -0.4 is 9.64 Å². The van der Waals surface area contributed by atoms with Crippen molar-refractivity contribution in [2.75, 3.05) is 25.1 Å². The zero-order valence-corrected chi connectivity index (χ0v) is 17.7. The lowest BCUT2D eigenvalue weighted by Gasteiger charge is -2.34. The number of hydrogen-bond acceptors (Lipinski definition) is 6. The molecule has 0 fully saturated rings. The smallest absolute Gasteiger partial charge is 0.156 e. The van der Waals surface area contributed by atoms with Gasteiger partial charge in [-0.1, -0.05) is 13.8 Å². The molecule has 26 heavy (non-hydrogen) atoms. The third-order valence-corrected chi connectivity index (χ3v) is 8.24. The maximum Gasteiger partial charge on any atom is 0.156 e. The second kappa shape index (κ2) is 6.80. The normalized spacial score (nSPS) is 24.9. The minimum absolute atomic E-state index is 0.361.